The van der Waals surface area contributed by atoms with E-state index in [1.807, 2.05) is 44.4 Å². The molecular weight excluding hydrogens is 204 g/mol. The first-order valence-corrected chi connectivity index (χ1v) is 5.32. The highest BCUT2D eigenvalue weighted by Crippen LogP contribution is 2.15. The van der Waals surface area contributed by atoms with Gasteiger partial charge in [0.1, 0.15) is 6.04 Å². The van der Waals surface area contributed by atoms with Gasteiger partial charge < -0.3 is 15.3 Å². The van der Waals surface area contributed by atoms with E-state index in [0.29, 0.717) is 13.0 Å². The second kappa shape index (κ2) is 6.12. The molecule has 4 heteroatoms. The van der Waals surface area contributed by atoms with Gasteiger partial charge in [0.05, 0.1) is 0 Å². The minimum atomic E-state index is -0.790. The van der Waals surface area contributed by atoms with Crippen molar-refractivity contribution in [1.82, 2.24) is 5.32 Å². The number of carboxylic acids is 1. The Morgan fingerprint density at radius 2 is 2.06 bits per heavy atom. The van der Waals surface area contributed by atoms with Crippen LogP contribution in [0.3, 0.4) is 0 Å². The first-order chi connectivity index (χ1) is 7.66. The summed E-state index contributed by atoms with van der Waals surface area (Å²) in [5.41, 5.74) is 0.922. The van der Waals surface area contributed by atoms with Gasteiger partial charge in [-0.05, 0) is 32.1 Å². The largest absolute Gasteiger partial charge is 0.480 e. The Labute approximate surface area is 95.9 Å². The summed E-state index contributed by atoms with van der Waals surface area (Å²) in [4.78, 5) is 12.9. The standard InChI is InChI=1S/C12H18N2O2/c1-13-9-8-11(12(15)16)14(2)10-6-4-3-5-7-10/h3-7,11,13H,8-9H2,1-2H3,(H,15,16). The van der Waals surface area contributed by atoms with Gasteiger partial charge in [-0.2, -0.15) is 0 Å². The van der Waals surface area contributed by atoms with Crippen LogP contribution in [0.25, 0.3) is 0 Å². The minimum Gasteiger partial charge on any atom is -0.480 e. The van der Waals surface area contributed by atoms with E-state index < -0.39 is 12.0 Å². The highest BCUT2D eigenvalue weighted by molar-refractivity contribution is 5.78. The van der Waals surface area contributed by atoms with Gasteiger partial charge in [-0.25, -0.2) is 4.79 Å². The predicted molar refractivity (Wildman–Crippen MR) is 64.8 cm³/mol. The lowest BCUT2D eigenvalue weighted by Crippen LogP contribution is -2.40. The van der Waals surface area contributed by atoms with Crippen molar-refractivity contribution in [3.05, 3.63) is 30.3 Å². The van der Waals surface area contributed by atoms with E-state index in [1.54, 1.807) is 4.90 Å². The van der Waals surface area contributed by atoms with Crippen molar-refractivity contribution in [1.29, 1.82) is 0 Å². The second-order valence-corrected chi connectivity index (χ2v) is 3.69. The Morgan fingerprint density at radius 1 is 1.44 bits per heavy atom. The number of carbonyl (C=O) groups is 1. The summed E-state index contributed by atoms with van der Waals surface area (Å²) in [5, 5.41) is 12.1. The molecule has 1 unspecified atom stereocenters. The number of likely N-dealkylation sites (N-methyl/N-ethyl adjacent to an activating group) is 1. The van der Waals surface area contributed by atoms with E-state index in [0.717, 1.165) is 5.69 Å². The van der Waals surface area contributed by atoms with Gasteiger partial charge in [-0.15, -0.1) is 0 Å². The molecule has 1 aromatic carbocycles. The molecule has 0 saturated carbocycles. The van der Waals surface area contributed by atoms with Crippen molar-refractivity contribution >= 4 is 11.7 Å². The van der Waals surface area contributed by atoms with E-state index in [4.69, 9.17) is 5.11 Å². The fourth-order valence-corrected chi connectivity index (χ4v) is 1.61. The van der Waals surface area contributed by atoms with Crippen molar-refractivity contribution < 1.29 is 9.90 Å². The van der Waals surface area contributed by atoms with Gasteiger partial charge in [-0.1, -0.05) is 18.2 Å². The van der Waals surface area contributed by atoms with Gasteiger partial charge in [0, 0.05) is 12.7 Å². The first-order valence-electron chi connectivity index (χ1n) is 5.32. The summed E-state index contributed by atoms with van der Waals surface area (Å²) < 4.78 is 0. The molecule has 0 fully saturated rings. The van der Waals surface area contributed by atoms with Crippen LogP contribution in [0.2, 0.25) is 0 Å². The molecule has 88 valence electrons. The number of aliphatic carboxylic acids is 1. The lowest BCUT2D eigenvalue weighted by atomic mass is 10.1. The summed E-state index contributed by atoms with van der Waals surface area (Å²) in [6.45, 7) is 0.689. The lowest BCUT2D eigenvalue weighted by molar-refractivity contribution is -0.138. The second-order valence-electron chi connectivity index (χ2n) is 3.69. The van der Waals surface area contributed by atoms with Gasteiger partial charge in [0.25, 0.3) is 0 Å². The number of carboxylic acid groups (broad SMARTS) is 1. The van der Waals surface area contributed by atoms with Crippen LogP contribution in [-0.2, 0) is 4.79 Å². The smallest absolute Gasteiger partial charge is 0.326 e. The maximum Gasteiger partial charge on any atom is 0.326 e. The molecular formula is C12H18N2O2. The van der Waals surface area contributed by atoms with Crippen LogP contribution in [0.15, 0.2) is 30.3 Å². The fraction of sp³-hybridized carbons (Fsp3) is 0.417. The molecule has 0 radical (unpaired) electrons. The predicted octanol–water partition coefficient (Wildman–Crippen LogP) is 1.19. The van der Waals surface area contributed by atoms with Crippen LogP contribution in [0.4, 0.5) is 5.69 Å². The summed E-state index contributed by atoms with van der Waals surface area (Å²) in [5.74, 6) is -0.790. The van der Waals surface area contributed by atoms with Crippen LogP contribution < -0.4 is 10.2 Å². The zero-order chi connectivity index (χ0) is 12.0. The number of nitrogens with zero attached hydrogens (tertiary/aromatic N) is 1. The molecule has 0 aliphatic heterocycles. The van der Waals surface area contributed by atoms with E-state index in [1.165, 1.54) is 0 Å². The average Bonchev–Trinajstić information content (AvgIpc) is 2.30. The fourth-order valence-electron chi connectivity index (χ4n) is 1.61. The number of hydrogen-bond acceptors (Lipinski definition) is 3. The number of hydrogen-bond donors (Lipinski definition) is 2. The summed E-state index contributed by atoms with van der Waals surface area (Å²) in [6.07, 6.45) is 0.581. The van der Waals surface area contributed by atoms with Crippen LogP contribution >= 0.6 is 0 Å². The van der Waals surface area contributed by atoms with Crippen molar-refractivity contribution in [2.24, 2.45) is 0 Å². The summed E-state index contributed by atoms with van der Waals surface area (Å²) in [7, 11) is 3.63. The highest BCUT2D eigenvalue weighted by Gasteiger charge is 2.21. The van der Waals surface area contributed by atoms with E-state index >= 15 is 0 Å². The highest BCUT2D eigenvalue weighted by atomic mass is 16.4. The third-order valence-corrected chi connectivity index (χ3v) is 2.58. The molecule has 0 bridgehead atoms. The van der Waals surface area contributed by atoms with Crippen LogP contribution in [0.5, 0.6) is 0 Å². The van der Waals surface area contributed by atoms with E-state index in [2.05, 4.69) is 5.32 Å². The first kappa shape index (κ1) is 12.5. The molecule has 0 aliphatic rings. The van der Waals surface area contributed by atoms with Crippen LogP contribution in [0, 0.1) is 0 Å². The Bertz CT molecular complexity index is 327. The maximum absolute atomic E-state index is 11.2. The van der Waals surface area contributed by atoms with Crippen LogP contribution in [0.1, 0.15) is 6.42 Å². The Hall–Kier alpha value is -1.55. The van der Waals surface area contributed by atoms with Crippen molar-refractivity contribution in [2.75, 3.05) is 25.5 Å². The molecule has 1 atom stereocenters. The van der Waals surface area contributed by atoms with Crippen molar-refractivity contribution in [2.45, 2.75) is 12.5 Å². The molecule has 0 heterocycles. The minimum absolute atomic E-state index is 0.491. The lowest BCUT2D eigenvalue weighted by Gasteiger charge is -2.26. The van der Waals surface area contributed by atoms with Crippen molar-refractivity contribution in [3.63, 3.8) is 0 Å². The number of para-hydroxylation sites is 1. The Kier molecular flexibility index (Phi) is 4.79. The molecule has 0 amide bonds. The molecule has 0 aliphatic carbocycles. The molecule has 0 aromatic heterocycles. The Morgan fingerprint density at radius 3 is 2.56 bits per heavy atom. The van der Waals surface area contributed by atoms with Gasteiger partial charge in [0.15, 0.2) is 0 Å². The molecule has 0 spiro atoms. The van der Waals surface area contributed by atoms with Gasteiger partial charge >= 0.3 is 5.97 Å². The zero-order valence-corrected chi connectivity index (χ0v) is 9.68. The molecule has 1 rings (SSSR count). The van der Waals surface area contributed by atoms with E-state index in [9.17, 15) is 4.79 Å². The number of rotatable bonds is 6. The molecule has 4 nitrogen and oxygen atoms in total. The van der Waals surface area contributed by atoms with E-state index in [-0.39, 0.29) is 0 Å². The molecule has 16 heavy (non-hydrogen) atoms. The number of nitrogens with one attached hydrogen (secondary N) is 1. The number of benzene rings is 1. The van der Waals surface area contributed by atoms with Gasteiger partial charge in [-0.3, -0.25) is 0 Å². The SMILES string of the molecule is CNCCC(C(=O)O)N(C)c1ccccc1. The number of anilines is 1. The van der Waals surface area contributed by atoms with Crippen LogP contribution in [-0.4, -0.2) is 37.8 Å². The maximum atomic E-state index is 11.2. The normalized spacial score (nSPS) is 12.1. The summed E-state index contributed by atoms with van der Waals surface area (Å²) in [6, 6.07) is 9.06. The van der Waals surface area contributed by atoms with Gasteiger partial charge in [0.2, 0.25) is 0 Å². The summed E-state index contributed by atoms with van der Waals surface area (Å²) >= 11 is 0. The monoisotopic (exact) mass is 222 g/mol. The van der Waals surface area contributed by atoms with Crippen molar-refractivity contribution in [3.8, 4) is 0 Å². The molecule has 2 N–H and O–H groups in total. The molecule has 0 saturated heterocycles. The zero-order valence-electron chi connectivity index (χ0n) is 9.68. The third kappa shape index (κ3) is 3.24. The topological polar surface area (TPSA) is 52.6 Å². The third-order valence-electron chi connectivity index (χ3n) is 2.58. The Balaban J connectivity index is 2.75. The quantitative estimate of drug-likeness (QED) is 0.759. The average molecular weight is 222 g/mol. The molecule has 1 aromatic rings.